The fraction of sp³-hybridized carbons (Fsp3) is 0. The second-order valence-electron chi connectivity index (χ2n) is 14.4. The normalized spacial score (nSPS) is 11.5. The van der Waals surface area contributed by atoms with Crippen molar-refractivity contribution in [3.8, 4) is 44.8 Å². The van der Waals surface area contributed by atoms with Crippen LogP contribution in [0.5, 0.6) is 0 Å². The summed E-state index contributed by atoms with van der Waals surface area (Å²) in [6.07, 6.45) is 0. The number of nitrogens with zero attached hydrogens (tertiary/aromatic N) is 2. The topological polar surface area (TPSA) is 29.3 Å². The second-order valence-corrected chi connectivity index (χ2v) is 15.4. The van der Waals surface area contributed by atoms with Crippen LogP contribution in [0.25, 0.3) is 86.9 Å². The number of para-hydroxylation sites is 1. The fourth-order valence-corrected chi connectivity index (χ4v) is 9.35. The SMILES string of the molecule is c1ccc(-c2nc3cc4c(cc3o2)sc2c(-c3ccc(N(c5ccccc5)c5ccc(-c6ccccc6)c(-c6ccc7ccccc7c6)c5)cc3)cccc24)cc1. The minimum absolute atomic E-state index is 0.648. The second kappa shape index (κ2) is 13.8. The van der Waals surface area contributed by atoms with Crippen LogP contribution in [0.15, 0.2) is 211 Å². The van der Waals surface area contributed by atoms with E-state index in [1.54, 1.807) is 0 Å². The zero-order chi connectivity index (χ0) is 37.7. The molecular formula is C53H34N2OS. The number of hydrogen-bond acceptors (Lipinski definition) is 4. The first-order valence-corrected chi connectivity index (χ1v) is 20.0. The summed E-state index contributed by atoms with van der Waals surface area (Å²) in [5.74, 6) is 0.648. The third-order valence-electron chi connectivity index (χ3n) is 10.9. The van der Waals surface area contributed by atoms with E-state index >= 15 is 0 Å². The van der Waals surface area contributed by atoms with E-state index in [9.17, 15) is 0 Å². The highest BCUT2D eigenvalue weighted by atomic mass is 32.1. The molecule has 0 spiro atoms. The predicted octanol–water partition coefficient (Wildman–Crippen LogP) is 15.5. The Labute approximate surface area is 334 Å². The smallest absolute Gasteiger partial charge is 0.227 e. The van der Waals surface area contributed by atoms with Crippen LogP contribution >= 0.6 is 11.3 Å². The van der Waals surface area contributed by atoms with Gasteiger partial charge in [-0.15, -0.1) is 11.3 Å². The summed E-state index contributed by atoms with van der Waals surface area (Å²) >= 11 is 1.81. The number of anilines is 3. The molecule has 0 atom stereocenters. The van der Waals surface area contributed by atoms with Crippen LogP contribution in [0, 0.1) is 0 Å². The average Bonchev–Trinajstić information content (AvgIpc) is 3.87. The molecule has 3 nitrogen and oxygen atoms in total. The summed E-state index contributed by atoms with van der Waals surface area (Å²) in [7, 11) is 0. The molecule has 0 aliphatic carbocycles. The highest BCUT2D eigenvalue weighted by Crippen LogP contribution is 2.44. The molecule has 0 amide bonds. The first-order chi connectivity index (χ1) is 28.2. The molecule has 0 saturated carbocycles. The number of aromatic nitrogens is 1. The number of thiophene rings is 1. The van der Waals surface area contributed by atoms with Crippen LogP contribution in [0.4, 0.5) is 17.1 Å². The van der Waals surface area contributed by atoms with E-state index in [0.29, 0.717) is 5.89 Å². The quantitative estimate of drug-likeness (QED) is 0.163. The summed E-state index contributed by atoms with van der Waals surface area (Å²) in [4.78, 5) is 7.22. The summed E-state index contributed by atoms with van der Waals surface area (Å²) < 4.78 is 8.70. The summed E-state index contributed by atoms with van der Waals surface area (Å²) in [6, 6.07) is 73.6. The molecule has 0 aliphatic rings. The number of fused-ring (bicyclic) bond motifs is 5. The van der Waals surface area contributed by atoms with Gasteiger partial charge in [-0.05, 0) is 105 Å². The molecule has 0 N–H and O–H groups in total. The molecule has 11 rings (SSSR count). The molecule has 0 bridgehead atoms. The number of benzene rings is 9. The van der Waals surface area contributed by atoms with Crippen molar-refractivity contribution in [3.63, 3.8) is 0 Å². The molecule has 4 heteroatoms. The molecule has 2 heterocycles. The van der Waals surface area contributed by atoms with Crippen molar-refractivity contribution < 1.29 is 4.42 Å². The standard InChI is InChI=1S/C53H34N2OS/c1-4-14-36(15-5-1)44-30-29-43(32-47(44)40-24-23-35-13-10-11-18-39(35)31-40)55(41-19-8-3-9-20-41)42-27-25-37(26-28-42)45-21-12-22-46-48-33-49-50(34-51(48)57-52(45)46)56-53(54-49)38-16-6-2-7-17-38/h1-34H. The Morgan fingerprint density at radius 3 is 1.84 bits per heavy atom. The van der Waals surface area contributed by atoms with Crippen molar-refractivity contribution in [1.82, 2.24) is 4.98 Å². The van der Waals surface area contributed by atoms with Gasteiger partial charge in [-0.1, -0.05) is 140 Å². The number of oxazole rings is 1. The van der Waals surface area contributed by atoms with Crippen molar-refractivity contribution in [1.29, 1.82) is 0 Å². The molecule has 0 saturated heterocycles. The maximum absolute atomic E-state index is 6.25. The van der Waals surface area contributed by atoms with E-state index in [1.165, 1.54) is 64.3 Å². The minimum atomic E-state index is 0.648. The van der Waals surface area contributed by atoms with Gasteiger partial charge in [0.2, 0.25) is 5.89 Å². The molecule has 0 aliphatic heterocycles. The molecule has 2 aromatic heterocycles. The third kappa shape index (κ3) is 5.95. The highest BCUT2D eigenvalue weighted by Gasteiger charge is 2.19. The minimum Gasteiger partial charge on any atom is -0.436 e. The molecule has 0 unspecified atom stereocenters. The van der Waals surface area contributed by atoms with Crippen LogP contribution in [0.2, 0.25) is 0 Å². The van der Waals surface area contributed by atoms with E-state index in [0.717, 1.165) is 33.7 Å². The maximum Gasteiger partial charge on any atom is 0.227 e. The zero-order valence-corrected chi connectivity index (χ0v) is 31.7. The Balaban J connectivity index is 1.00. The van der Waals surface area contributed by atoms with Gasteiger partial charge in [0.05, 0.1) is 0 Å². The fourth-order valence-electron chi connectivity index (χ4n) is 8.10. The summed E-state index contributed by atoms with van der Waals surface area (Å²) in [5, 5.41) is 4.89. The van der Waals surface area contributed by atoms with Crippen molar-refractivity contribution in [2.45, 2.75) is 0 Å². The Morgan fingerprint density at radius 1 is 0.404 bits per heavy atom. The van der Waals surface area contributed by atoms with Gasteiger partial charge in [0.1, 0.15) is 5.52 Å². The van der Waals surface area contributed by atoms with E-state index in [1.807, 2.05) is 41.7 Å². The Morgan fingerprint density at radius 2 is 1.05 bits per heavy atom. The number of rotatable bonds is 7. The monoisotopic (exact) mass is 746 g/mol. The molecule has 0 radical (unpaired) electrons. The lowest BCUT2D eigenvalue weighted by atomic mass is 9.92. The summed E-state index contributed by atoms with van der Waals surface area (Å²) in [5.41, 5.74) is 13.1. The lowest BCUT2D eigenvalue weighted by Gasteiger charge is -2.27. The molecule has 0 fully saturated rings. The van der Waals surface area contributed by atoms with Gasteiger partial charge < -0.3 is 9.32 Å². The molecular weight excluding hydrogens is 713 g/mol. The first-order valence-electron chi connectivity index (χ1n) is 19.2. The lowest BCUT2D eigenvalue weighted by molar-refractivity contribution is 0.620. The highest BCUT2D eigenvalue weighted by molar-refractivity contribution is 7.26. The van der Waals surface area contributed by atoms with Gasteiger partial charge in [-0.2, -0.15) is 0 Å². The van der Waals surface area contributed by atoms with Crippen LogP contribution < -0.4 is 4.90 Å². The largest absolute Gasteiger partial charge is 0.436 e. The van der Waals surface area contributed by atoms with E-state index < -0.39 is 0 Å². The average molecular weight is 747 g/mol. The van der Waals surface area contributed by atoms with E-state index in [2.05, 4.69) is 181 Å². The van der Waals surface area contributed by atoms with Crippen LogP contribution in [0.3, 0.4) is 0 Å². The van der Waals surface area contributed by atoms with E-state index in [4.69, 9.17) is 9.40 Å². The van der Waals surface area contributed by atoms with Gasteiger partial charge in [0.25, 0.3) is 0 Å². The van der Waals surface area contributed by atoms with Crippen molar-refractivity contribution in [2.24, 2.45) is 0 Å². The van der Waals surface area contributed by atoms with Crippen molar-refractivity contribution in [2.75, 3.05) is 4.90 Å². The van der Waals surface area contributed by atoms with E-state index in [-0.39, 0.29) is 0 Å². The Hall–Kier alpha value is -7.27. The van der Waals surface area contributed by atoms with Gasteiger partial charge in [-0.25, -0.2) is 4.98 Å². The first kappa shape index (κ1) is 33.1. The van der Waals surface area contributed by atoms with Crippen molar-refractivity contribution in [3.05, 3.63) is 206 Å². The third-order valence-corrected chi connectivity index (χ3v) is 12.1. The lowest BCUT2D eigenvalue weighted by Crippen LogP contribution is -2.10. The van der Waals surface area contributed by atoms with Crippen LogP contribution in [-0.4, -0.2) is 4.98 Å². The van der Waals surface area contributed by atoms with Gasteiger partial charge in [0.15, 0.2) is 5.58 Å². The zero-order valence-electron chi connectivity index (χ0n) is 30.8. The number of hydrogen-bond donors (Lipinski definition) is 0. The van der Waals surface area contributed by atoms with Gasteiger partial charge >= 0.3 is 0 Å². The molecule has 57 heavy (non-hydrogen) atoms. The van der Waals surface area contributed by atoms with Gasteiger partial charge in [-0.3, -0.25) is 0 Å². The molecule has 268 valence electrons. The van der Waals surface area contributed by atoms with Crippen LogP contribution in [0.1, 0.15) is 0 Å². The predicted molar refractivity (Wildman–Crippen MR) is 241 cm³/mol. The van der Waals surface area contributed by atoms with Gasteiger partial charge in [0, 0.05) is 48.9 Å². The molecule has 11 aromatic rings. The Bertz CT molecular complexity index is 3220. The van der Waals surface area contributed by atoms with Crippen LogP contribution in [-0.2, 0) is 0 Å². The maximum atomic E-state index is 6.25. The van der Waals surface area contributed by atoms with Crippen molar-refractivity contribution >= 4 is 70.4 Å². The summed E-state index contributed by atoms with van der Waals surface area (Å²) in [6.45, 7) is 0. The Kier molecular flexibility index (Phi) is 8.01. The molecule has 9 aromatic carbocycles.